The fourth-order valence-electron chi connectivity index (χ4n) is 3.58. The highest BCUT2D eigenvalue weighted by Crippen LogP contribution is 2.25. The number of urea groups is 1. The first kappa shape index (κ1) is 22.2. The largest absolute Gasteiger partial charge is 0.322 e. The molecule has 2 aromatic carbocycles. The molecule has 2 aromatic rings. The molecule has 1 aliphatic rings. The van der Waals surface area contributed by atoms with Crippen molar-refractivity contribution in [3.63, 3.8) is 0 Å². The molecule has 0 aliphatic carbocycles. The standard InChI is InChI=1S/C22H28FN3O3S/c1-17(20-12-5-6-13-21(20)23)25(2)22(27)24-18-10-9-11-19(16-18)30(28,29)26-14-7-3-4-8-15-26/h5-6,9-13,16-17H,3-4,7-8,14-15H2,1-2H3,(H,24,27). The first-order valence-corrected chi connectivity index (χ1v) is 11.6. The summed E-state index contributed by atoms with van der Waals surface area (Å²) < 4.78 is 41.6. The summed E-state index contributed by atoms with van der Waals surface area (Å²) in [5, 5.41) is 2.72. The third-order valence-corrected chi connectivity index (χ3v) is 7.44. The molecule has 162 valence electrons. The third kappa shape index (κ3) is 4.99. The zero-order valence-electron chi connectivity index (χ0n) is 17.3. The second kappa shape index (κ2) is 9.57. The molecule has 6 nitrogen and oxygen atoms in total. The van der Waals surface area contributed by atoms with E-state index in [1.165, 1.54) is 21.3 Å². The van der Waals surface area contributed by atoms with Crippen molar-refractivity contribution in [2.75, 3.05) is 25.5 Å². The van der Waals surface area contributed by atoms with Crippen molar-refractivity contribution in [3.8, 4) is 0 Å². The summed E-state index contributed by atoms with van der Waals surface area (Å²) in [5.74, 6) is -0.379. The Kier molecular flexibility index (Phi) is 7.10. The molecular weight excluding hydrogens is 405 g/mol. The van der Waals surface area contributed by atoms with Gasteiger partial charge >= 0.3 is 6.03 Å². The lowest BCUT2D eigenvalue weighted by Crippen LogP contribution is -2.34. The van der Waals surface area contributed by atoms with Gasteiger partial charge in [0.1, 0.15) is 5.82 Å². The number of benzene rings is 2. The maximum Gasteiger partial charge on any atom is 0.322 e. The van der Waals surface area contributed by atoms with Crippen LogP contribution in [0.3, 0.4) is 0 Å². The summed E-state index contributed by atoms with van der Waals surface area (Å²) in [5.41, 5.74) is 0.788. The maximum absolute atomic E-state index is 14.1. The number of amides is 2. The number of carbonyl (C=O) groups excluding carboxylic acids is 1. The number of anilines is 1. The number of nitrogens with zero attached hydrogens (tertiary/aromatic N) is 2. The van der Waals surface area contributed by atoms with Crippen LogP contribution in [0.4, 0.5) is 14.9 Å². The van der Waals surface area contributed by atoms with E-state index in [1.807, 2.05) is 0 Å². The lowest BCUT2D eigenvalue weighted by molar-refractivity contribution is 0.207. The molecule has 1 fully saturated rings. The minimum atomic E-state index is -3.61. The molecular formula is C22H28FN3O3S. The van der Waals surface area contributed by atoms with Crippen LogP contribution in [0.15, 0.2) is 53.4 Å². The highest BCUT2D eigenvalue weighted by molar-refractivity contribution is 7.89. The van der Waals surface area contributed by atoms with E-state index in [4.69, 9.17) is 0 Å². The fourth-order valence-corrected chi connectivity index (χ4v) is 5.14. The minimum absolute atomic E-state index is 0.159. The van der Waals surface area contributed by atoms with Crippen molar-refractivity contribution in [2.24, 2.45) is 0 Å². The van der Waals surface area contributed by atoms with Gasteiger partial charge in [-0.15, -0.1) is 0 Å². The van der Waals surface area contributed by atoms with Gasteiger partial charge in [-0.05, 0) is 44.0 Å². The molecule has 3 rings (SSSR count). The Morgan fingerprint density at radius 2 is 1.73 bits per heavy atom. The lowest BCUT2D eigenvalue weighted by atomic mass is 10.1. The normalized spacial score (nSPS) is 16.5. The van der Waals surface area contributed by atoms with E-state index in [1.54, 1.807) is 50.4 Å². The first-order chi connectivity index (χ1) is 14.3. The van der Waals surface area contributed by atoms with E-state index < -0.39 is 22.1 Å². The van der Waals surface area contributed by atoms with E-state index in [0.717, 1.165) is 25.7 Å². The van der Waals surface area contributed by atoms with Crippen molar-refractivity contribution in [1.29, 1.82) is 0 Å². The zero-order chi connectivity index (χ0) is 21.7. The van der Waals surface area contributed by atoms with Gasteiger partial charge in [0.05, 0.1) is 10.9 Å². The first-order valence-electron chi connectivity index (χ1n) is 10.2. The topological polar surface area (TPSA) is 69.7 Å². The van der Waals surface area contributed by atoms with Crippen molar-refractivity contribution < 1.29 is 17.6 Å². The molecule has 1 unspecified atom stereocenters. The molecule has 30 heavy (non-hydrogen) atoms. The molecule has 8 heteroatoms. The van der Waals surface area contributed by atoms with E-state index in [9.17, 15) is 17.6 Å². The highest BCUT2D eigenvalue weighted by atomic mass is 32.2. The molecule has 1 N–H and O–H groups in total. The van der Waals surface area contributed by atoms with Crippen LogP contribution in [-0.4, -0.2) is 43.8 Å². The average Bonchev–Trinajstić information content (AvgIpc) is 3.03. The van der Waals surface area contributed by atoms with Gasteiger partial charge in [0, 0.05) is 31.4 Å². The Bertz CT molecular complexity index is 989. The second-order valence-corrected chi connectivity index (χ2v) is 9.52. The van der Waals surface area contributed by atoms with E-state index in [0.29, 0.717) is 24.3 Å². The molecule has 0 bridgehead atoms. The molecule has 1 aliphatic heterocycles. The number of halogens is 1. The van der Waals surface area contributed by atoms with Crippen LogP contribution in [0.2, 0.25) is 0 Å². The number of hydrogen-bond acceptors (Lipinski definition) is 3. The summed E-state index contributed by atoms with van der Waals surface area (Å²) in [7, 11) is -2.04. The molecule has 0 aromatic heterocycles. The van der Waals surface area contributed by atoms with Crippen LogP contribution in [-0.2, 0) is 10.0 Å². The van der Waals surface area contributed by atoms with Crippen LogP contribution in [0.5, 0.6) is 0 Å². The summed E-state index contributed by atoms with van der Waals surface area (Å²) in [6, 6.07) is 11.6. The smallest absolute Gasteiger partial charge is 0.321 e. The summed E-state index contributed by atoms with van der Waals surface area (Å²) in [6.45, 7) is 2.77. The quantitative estimate of drug-likeness (QED) is 0.748. The predicted octanol–water partition coefficient (Wildman–Crippen LogP) is 4.62. The van der Waals surface area contributed by atoms with Crippen molar-refractivity contribution >= 4 is 21.7 Å². The molecule has 0 spiro atoms. The van der Waals surface area contributed by atoms with Crippen LogP contribution in [0.25, 0.3) is 0 Å². The van der Waals surface area contributed by atoms with Gasteiger partial charge in [0.2, 0.25) is 10.0 Å². The highest BCUT2D eigenvalue weighted by Gasteiger charge is 2.26. The van der Waals surface area contributed by atoms with E-state index in [-0.39, 0.29) is 10.7 Å². The molecule has 0 radical (unpaired) electrons. The lowest BCUT2D eigenvalue weighted by Gasteiger charge is -2.26. The van der Waals surface area contributed by atoms with Gasteiger partial charge < -0.3 is 10.2 Å². The molecule has 1 saturated heterocycles. The maximum atomic E-state index is 14.1. The molecule has 0 saturated carbocycles. The fraction of sp³-hybridized carbons (Fsp3) is 0.409. The Labute approximate surface area is 177 Å². The van der Waals surface area contributed by atoms with E-state index in [2.05, 4.69) is 5.32 Å². The van der Waals surface area contributed by atoms with Crippen LogP contribution in [0, 0.1) is 5.82 Å². The van der Waals surface area contributed by atoms with Gasteiger partial charge in [-0.1, -0.05) is 37.1 Å². The monoisotopic (exact) mass is 433 g/mol. The second-order valence-electron chi connectivity index (χ2n) is 7.58. The number of rotatable bonds is 5. The van der Waals surface area contributed by atoms with Gasteiger partial charge in [-0.3, -0.25) is 0 Å². The van der Waals surface area contributed by atoms with Crippen LogP contribution < -0.4 is 5.32 Å². The Hall–Kier alpha value is -2.45. The number of nitrogens with one attached hydrogen (secondary N) is 1. The Balaban J connectivity index is 1.74. The predicted molar refractivity (Wildman–Crippen MR) is 115 cm³/mol. The van der Waals surface area contributed by atoms with Crippen LogP contribution in [0.1, 0.15) is 44.2 Å². The van der Waals surface area contributed by atoms with Crippen LogP contribution >= 0.6 is 0 Å². The van der Waals surface area contributed by atoms with Crippen molar-refractivity contribution in [3.05, 3.63) is 59.9 Å². The zero-order valence-corrected chi connectivity index (χ0v) is 18.2. The van der Waals surface area contributed by atoms with Crippen molar-refractivity contribution in [1.82, 2.24) is 9.21 Å². The van der Waals surface area contributed by atoms with Gasteiger partial charge in [-0.2, -0.15) is 4.31 Å². The van der Waals surface area contributed by atoms with Gasteiger partial charge in [-0.25, -0.2) is 17.6 Å². The van der Waals surface area contributed by atoms with E-state index >= 15 is 0 Å². The summed E-state index contributed by atoms with van der Waals surface area (Å²) in [6.07, 6.45) is 3.78. The average molecular weight is 434 g/mol. The SMILES string of the molecule is CC(c1ccccc1F)N(C)C(=O)Nc1cccc(S(=O)(=O)N2CCCCCC2)c1. The molecule has 2 amide bonds. The minimum Gasteiger partial charge on any atom is -0.321 e. The van der Waals surface area contributed by atoms with Gasteiger partial charge in [0.15, 0.2) is 0 Å². The number of sulfonamides is 1. The Morgan fingerprint density at radius 1 is 1.07 bits per heavy atom. The summed E-state index contributed by atoms with van der Waals surface area (Å²) in [4.78, 5) is 14.2. The van der Waals surface area contributed by atoms with Gasteiger partial charge in [0.25, 0.3) is 0 Å². The Morgan fingerprint density at radius 3 is 2.40 bits per heavy atom. The molecule has 1 heterocycles. The number of carbonyl (C=O) groups is 1. The summed E-state index contributed by atoms with van der Waals surface area (Å²) >= 11 is 0. The third-order valence-electron chi connectivity index (χ3n) is 5.54. The van der Waals surface area contributed by atoms with Crippen molar-refractivity contribution in [2.45, 2.75) is 43.5 Å². The molecule has 1 atom stereocenters. The number of hydrogen-bond donors (Lipinski definition) is 1.